The minimum atomic E-state index is -1.43. The Morgan fingerprint density at radius 3 is 2.25 bits per heavy atom. The summed E-state index contributed by atoms with van der Waals surface area (Å²) in [5.41, 5.74) is 0.614. The second-order valence-electron chi connectivity index (χ2n) is 10.2. The van der Waals surface area contributed by atoms with Crippen molar-refractivity contribution in [3.05, 3.63) is 53.6 Å². The number of aromatic hydroxyl groups is 1. The van der Waals surface area contributed by atoms with E-state index in [1.165, 1.54) is 32.0 Å². The number of hydrogen-bond acceptors (Lipinski definition) is 8. The lowest BCUT2D eigenvalue weighted by Gasteiger charge is -2.35. The maximum absolute atomic E-state index is 13.5. The number of hydrogen-bond donors (Lipinski definition) is 5. The number of carbonyl (C=O) groups excluding carboxylic acids is 4. The number of nitrogens with zero attached hydrogens (tertiary/aromatic N) is 2. The summed E-state index contributed by atoms with van der Waals surface area (Å²) in [6.45, 7) is 5.27. The average molecular weight is 554 g/mol. The molecule has 40 heavy (non-hydrogen) atoms. The highest BCUT2D eigenvalue weighted by atomic mass is 16.5. The van der Waals surface area contributed by atoms with Crippen LogP contribution >= 0.6 is 0 Å². The van der Waals surface area contributed by atoms with Crippen LogP contribution in [-0.2, 0) is 20.8 Å². The first-order valence-corrected chi connectivity index (χ1v) is 13.2. The van der Waals surface area contributed by atoms with Gasteiger partial charge in [-0.05, 0) is 56.8 Å². The molecule has 3 heterocycles. The third-order valence-corrected chi connectivity index (χ3v) is 7.04. The Labute approximate surface area is 232 Å². The van der Waals surface area contributed by atoms with Gasteiger partial charge in [0, 0.05) is 32.6 Å². The third kappa shape index (κ3) is 6.88. The molecule has 12 heteroatoms. The lowest BCUT2D eigenvalue weighted by atomic mass is 10.0. The van der Waals surface area contributed by atoms with Gasteiger partial charge in [0.25, 0.3) is 5.91 Å². The number of piperazine rings is 1. The number of amides is 4. The van der Waals surface area contributed by atoms with Crippen molar-refractivity contribution >= 4 is 23.6 Å². The van der Waals surface area contributed by atoms with Crippen molar-refractivity contribution in [3.8, 4) is 17.2 Å². The van der Waals surface area contributed by atoms with Crippen molar-refractivity contribution in [2.75, 3.05) is 33.2 Å². The molecule has 0 aliphatic carbocycles. The molecule has 4 amide bonds. The molecule has 3 aliphatic rings. The number of phenolic OH excluding ortho intramolecular Hbond substituents is 1. The fraction of sp³-hybridized carbons (Fsp3) is 0.429. The smallest absolute Gasteiger partial charge is 0.255 e. The summed E-state index contributed by atoms with van der Waals surface area (Å²) in [4.78, 5) is 56.5. The summed E-state index contributed by atoms with van der Waals surface area (Å²) in [5, 5.41) is 28.2. The fourth-order valence-corrected chi connectivity index (χ4v) is 4.56. The number of aliphatic hydroxyl groups is 1. The molecule has 4 bridgehead atoms. The molecule has 3 aliphatic heterocycles. The van der Waals surface area contributed by atoms with E-state index in [1.807, 2.05) is 7.05 Å². The van der Waals surface area contributed by atoms with Crippen LogP contribution in [0.1, 0.15) is 29.8 Å². The summed E-state index contributed by atoms with van der Waals surface area (Å²) in [6, 6.07) is 7.66. The van der Waals surface area contributed by atoms with Crippen LogP contribution in [0.5, 0.6) is 17.2 Å². The summed E-state index contributed by atoms with van der Waals surface area (Å²) in [6.07, 6.45) is -1.11. The number of likely N-dealkylation sites (N-methyl/N-ethyl adjacent to an activating group) is 1. The maximum atomic E-state index is 13.5. The summed E-state index contributed by atoms with van der Waals surface area (Å²) in [5.74, 6) is -2.08. The Balaban J connectivity index is 1.67. The van der Waals surface area contributed by atoms with Crippen LogP contribution in [0, 0.1) is 0 Å². The SMILES string of the molecule is C[C@@H]1NC(=O)[C@H]([C@@H](C)O)NC(=O)c2cc(ccc2O)Oc2ccc(cc2)C[C@@H](C(=O)N2CCN(C)CC2)NC1=O. The Bertz CT molecular complexity index is 1260. The predicted molar refractivity (Wildman–Crippen MR) is 145 cm³/mol. The van der Waals surface area contributed by atoms with E-state index < -0.39 is 42.0 Å². The van der Waals surface area contributed by atoms with Gasteiger partial charge in [0.15, 0.2) is 0 Å². The van der Waals surface area contributed by atoms with Gasteiger partial charge < -0.3 is 40.7 Å². The molecule has 5 N–H and O–H groups in total. The first kappa shape index (κ1) is 28.8. The van der Waals surface area contributed by atoms with Gasteiger partial charge in [-0.25, -0.2) is 0 Å². The first-order chi connectivity index (χ1) is 19.0. The van der Waals surface area contributed by atoms with Crippen molar-refractivity contribution in [1.29, 1.82) is 0 Å². The van der Waals surface area contributed by atoms with Gasteiger partial charge in [0.2, 0.25) is 17.7 Å². The van der Waals surface area contributed by atoms with Gasteiger partial charge in [-0.15, -0.1) is 0 Å². The number of nitrogens with one attached hydrogen (secondary N) is 3. The van der Waals surface area contributed by atoms with Gasteiger partial charge in [-0.2, -0.15) is 0 Å². The first-order valence-electron chi connectivity index (χ1n) is 13.2. The predicted octanol–water partition coefficient (Wildman–Crippen LogP) is -0.0167. The number of phenols is 1. The molecular formula is C28H35N5O7. The third-order valence-electron chi connectivity index (χ3n) is 7.04. The minimum Gasteiger partial charge on any atom is -0.507 e. The van der Waals surface area contributed by atoms with Crippen molar-refractivity contribution in [3.63, 3.8) is 0 Å². The number of aliphatic hydroxyl groups excluding tert-OH is 1. The van der Waals surface area contributed by atoms with E-state index in [0.29, 0.717) is 18.8 Å². The van der Waals surface area contributed by atoms with E-state index in [-0.39, 0.29) is 29.4 Å². The highest BCUT2D eigenvalue weighted by Gasteiger charge is 2.32. The number of benzene rings is 2. The zero-order chi connectivity index (χ0) is 29.0. The number of carbonyl (C=O) groups is 4. The van der Waals surface area contributed by atoms with Crippen LogP contribution in [0.25, 0.3) is 0 Å². The Kier molecular flexibility index (Phi) is 8.90. The zero-order valence-electron chi connectivity index (χ0n) is 22.7. The zero-order valence-corrected chi connectivity index (χ0v) is 22.7. The van der Waals surface area contributed by atoms with Crippen LogP contribution in [-0.4, -0.2) is 101 Å². The highest BCUT2D eigenvalue weighted by molar-refractivity contribution is 6.00. The molecule has 0 radical (unpaired) electrons. The van der Waals surface area contributed by atoms with Crippen LogP contribution in [0.15, 0.2) is 42.5 Å². The highest BCUT2D eigenvalue weighted by Crippen LogP contribution is 2.28. The van der Waals surface area contributed by atoms with E-state index in [0.717, 1.165) is 18.7 Å². The molecule has 4 atom stereocenters. The summed E-state index contributed by atoms with van der Waals surface area (Å²) >= 11 is 0. The van der Waals surface area contributed by atoms with Gasteiger partial charge in [-0.1, -0.05) is 12.1 Å². The Morgan fingerprint density at radius 1 is 0.950 bits per heavy atom. The monoisotopic (exact) mass is 553 g/mol. The largest absolute Gasteiger partial charge is 0.507 e. The molecule has 0 spiro atoms. The molecule has 1 fully saturated rings. The lowest BCUT2D eigenvalue weighted by Crippen LogP contribution is -2.59. The van der Waals surface area contributed by atoms with Crippen LogP contribution in [0.2, 0.25) is 0 Å². The fourth-order valence-electron chi connectivity index (χ4n) is 4.56. The van der Waals surface area contributed by atoms with Gasteiger partial charge in [0.1, 0.15) is 35.4 Å². The lowest BCUT2D eigenvalue weighted by molar-refractivity contribution is -0.138. The molecule has 5 rings (SSSR count). The van der Waals surface area contributed by atoms with Crippen LogP contribution < -0.4 is 20.7 Å². The molecule has 2 aromatic rings. The minimum absolute atomic E-state index is 0.162. The Morgan fingerprint density at radius 2 is 1.60 bits per heavy atom. The molecule has 0 saturated carbocycles. The molecule has 0 unspecified atom stereocenters. The Hall–Kier alpha value is -4.16. The number of rotatable bonds is 2. The average Bonchev–Trinajstić information content (AvgIpc) is 2.92. The molecule has 2 aromatic carbocycles. The van der Waals surface area contributed by atoms with E-state index in [2.05, 4.69) is 20.9 Å². The summed E-state index contributed by atoms with van der Waals surface area (Å²) < 4.78 is 5.86. The molecular weight excluding hydrogens is 518 g/mol. The molecule has 1 saturated heterocycles. The van der Waals surface area contributed by atoms with Crippen molar-refractivity contribution in [2.24, 2.45) is 0 Å². The summed E-state index contributed by atoms with van der Waals surface area (Å²) in [7, 11) is 1.98. The van der Waals surface area contributed by atoms with Gasteiger partial charge >= 0.3 is 0 Å². The molecule has 214 valence electrons. The topological polar surface area (TPSA) is 161 Å². The van der Waals surface area contributed by atoms with E-state index in [4.69, 9.17) is 4.74 Å². The number of fused-ring (bicyclic) bond motifs is 11. The van der Waals surface area contributed by atoms with Crippen LogP contribution in [0.4, 0.5) is 0 Å². The second kappa shape index (κ2) is 12.3. The van der Waals surface area contributed by atoms with Gasteiger partial charge in [-0.3, -0.25) is 19.2 Å². The van der Waals surface area contributed by atoms with Crippen LogP contribution in [0.3, 0.4) is 0 Å². The molecule has 12 nitrogen and oxygen atoms in total. The van der Waals surface area contributed by atoms with Gasteiger partial charge in [0.05, 0.1) is 11.7 Å². The van der Waals surface area contributed by atoms with E-state index >= 15 is 0 Å². The van der Waals surface area contributed by atoms with E-state index in [9.17, 15) is 29.4 Å². The quantitative estimate of drug-likeness (QED) is 0.325. The standard InChI is InChI=1S/C28H35N5O7/c1-16-25(36)30-22(28(39)33-12-10-32(3)11-13-33)14-18-4-6-19(7-5-18)40-20-8-9-23(35)21(15-20)26(37)31-24(17(2)34)27(38)29-16/h4-9,15-17,22,24,34-35H,10-14H2,1-3H3,(H,29,38)(H,30,36)(H,31,37)/t16-,17+,22-,24-/m0/s1. The second-order valence-corrected chi connectivity index (χ2v) is 10.2. The van der Waals surface area contributed by atoms with Crippen molar-refractivity contribution in [1.82, 2.24) is 25.8 Å². The normalized spacial score (nSPS) is 23.6. The maximum Gasteiger partial charge on any atom is 0.255 e. The van der Waals surface area contributed by atoms with E-state index in [1.54, 1.807) is 29.2 Å². The number of ether oxygens (including phenoxy) is 1. The van der Waals surface area contributed by atoms with Crippen molar-refractivity contribution in [2.45, 2.75) is 44.5 Å². The van der Waals surface area contributed by atoms with Crippen molar-refractivity contribution < 1.29 is 34.1 Å². The molecule has 0 aromatic heterocycles.